The van der Waals surface area contributed by atoms with Gasteiger partial charge in [-0.2, -0.15) is 17.4 Å². The minimum absolute atomic E-state index is 0.0922. The largest absolute Gasteiger partial charge is 0.279 e. The fourth-order valence-electron chi connectivity index (χ4n) is 1.71. The van der Waals surface area contributed by atoms with E-state index in [1.165, 1.54) is 15.6 Å². The Morgan fingerprint density at radius 2 is 2.00 bits per heavy atom. The van der Waals surface area contributed by atoms with Crippen LogP contribution in [0.5, 0.6) is 0 Å². The fourth-order valence-corrected chi connectivity index (χ4v) is 4.33. The van der Waals surface area contributed by atoms with Gasteiger partial charge in [0.05, 0.1) is 5.02 Å². The van der Waals surface area contributed by atoms with Crippen molar-refractivity contribution in [1.82, 2.24) is 9.03 Å². The normalized spacial score (nSPS) is 12.7. The van der Waals surface area contributed by atoms with E-state index in [0.29, 0.717) is 5.02 Å². The van der Waals surface area contributed by atoms with Crippen LogP contribution < -0.4 is 4.72 Å². The number of hydrogen-bond donors (Lipinski definition) is 1. The highest BCUT2D eigenvalue weighted by Gasteiger charge is 2.21. The highest BCUT2D eigenvalue weighted by molar-refractivity contribution is 7.87. The summed E-state index contributed by atoms with van der Waals surface area (Å²) in [6, 6.07) is 7.68. The average molecular weight is 333 g/mol. The maximum Gasteiger partial charge on any atom is 0.279 e. The summed E-state index contributed by atoms with van der Waals surface area (Å²) in [5.41, 5.74) is 0. The molecule has 2 aromatic rings. The van der Waals surface area contributed by atoms with Crippen LogP contribution in [-0.2, 0) is 16.8 Å². The zero-order valence-electron chi connectivity index (χ0n) is 11.6. The Hall–Kier alpha value is -0.660. The average Bonchev–Trinajstić information content (AvgIpc) is 2.73. The Bertz CT molecular complexity index is 710. The van der Waals surface area contributed by atoms with Crippen LogP contribution in [0.15, 0.2) is 24.3 Å². The quantitative estimate of drug-likeness (QED) is 0.913. The Labute approximate surface area is 128 Å². The topological polar surface area (TPSA) is 49.4 Å². The van der Waals surface area contributed by atoms with Crippen molar-refractivity contribution in [3.8, 4) is 0 Å². The van der Waals surface area contributed by atoms with E-state index in [1.54, 1.807) is 7.05 Å². The van der Waals surface area contributed by atoms with Gasteiger partial charge in [-0.25, -0.2) is 0 Å². The molecule has 0 aliphatic heterocycles. The van der Waals surface area contributed by atoms with Crippen LogP contribution in [0.25, 0.3) is 10.1 Å². The predicted octanol–water partition coefficient (Wildman–Crippen LogP) is 3.23. The molecule has 0 spiro atoms. The van der Waals surface area contributed by atoms with Crippen molar-refractivity contribution in [1.29, 1.82) is 0 Å². The van der Waals surface area contributed by atoms with E-state index >= 15 is 0 Å². The molecule has 0 aliphatic rings. The van der Waals surface area contributed by atoms with Gasteiger partial charge in [-0.3, -0.25) is 0 Å². The van der Waals surface area contributed by atoms with Crippen molar-refractivity contribution in [3.05, 3.63) is 34.2 Å². The first-order chi connectivity index (χ1) is 9.33. The van der Waals surface area contributed by atoms with Gasteiger partial charge in [-0.15, -0.1) is 11.3 Å². The number of hydrogen-bond acceptors (Lipinski definition) is 3. The van der Waals surface area contributed by atoms with E-state index in [-0.39, 0.29) is 12.6 Å². The van der Waals surface area contributed by atoms with Gasteiger partial charge in [0.2, 0.25) is 0 Å². The summed E-state index contributed by atoms with van der Waals surface area (Å²) in [5, 5.41) is 1.59. The summed E-state index contributed by atoms with van der Waals surface area (Å²) >= 11 is 7.80. The van der Waals surface area contributed by atoms with Crippen LogP contribution in [0.3, 0.4) is 0 Å². The maximum atomic E-state index is 12.0. The molecule has 20 heavy (non-hydrogen) atoms. The van der Waals surface area contributed by atoms with E-state index < -0.39 is 10.2 Å². The molecule has 0 unspecified atom stereocenters. The molecule has 7 heteroatoms. The first-order valence-electron chi connectivity index (χ1n) is 6.21. The number of benzene rings is 1. The Morgan fingerprint density at radius 3 is 2.60 bits per heavy atom. The van der Waals surface area contributed by atoms with Gasteiger partial charge < -0.3 is 0 Å². The smallest absolute Gasteiger partial charge is 0.197 e. The van der Waals surface area contributed by atoms with Gasteiger partial charge in [-0.1, -0.05) is 29.8 Å². The lowest BCUT2D eigenvalue weighted by molar-refractivity contribution is 0.402. The molecule has 0 radical (unpaired) electrons. The lowest BCUT2D eigenvalue weighted by Gasteiger charge is -2.20. The summed E-state index contributed by atoms with van der Waals surface area (Å²) < 4.78 is 29.0. The summed E-state index contributed by atoms with van der Waals surface area (Å²) in [4.78, 5) is 0.827. The Kier molecular flexibility index (Phi) is 4.71. The molecule has 1 aromatic heterocycles. The molecular formula is C13H17ClN2O2S2. The molecule has 1 aromatic carbocycles. The molecule has 2 rings (SSSR count). The van der Waals surface area contributed by atoms with E-state index in [9.17, 15) is 8.42 Å². The zero-order valence-corrected chi connectivity index (χ0v) is 13.9. The first-order valence-corrected chi connectivity index (χ1v) is 8.85. The number of thiophene rings is 1. The number of nitrogens with zero attached hydrogens (tertiary/aromatic N) is 1. The molecule has 0 saturated heterocycles. The van der Waals surface area contributed by atoms with Crippen LogP contribution in [0.1, 0.15) is 18.7 Å². The van der Waals surface area contributed by atoms with Crippen molar-refractivity contribution in [2.75, 3.05) is 7.05 Å². The first kappa shape index (κ1) is 15.7. The molecule has 0 bridgehead atoms. The van der Waals surface area contributed by atoms with Crippen molar-refractivity contribution in [3.63, 3.8) is 0 Å². The molecule has 4 nitrogen and oxygen atoms in total. The molecule has 1 N–H and O–H groups in total. The van der Waals surface area contributed by atoms with Crippen LogP contribution in [0.2, 0.25) is 5.02 Å². The van der Waals surface area contributed by atoms with Crippen molar-refractivity contribution in [2.24, 2.45) is 0 Å². The van der Waals surface area contributed by atoms with Crippen molar-refractivity contribution >= 4 is 43.2 Å². The third-order valence-electron chi connectivity index (χ3n) is 3.12. The fraction of sp³-hybridized carbons (Fsp3) is 0.385. The second-order valence-electron chi connectivity index (χ2n) is 4.77. The molecule has 110 valence electrons. The summed E-state index contributed by atoms with van der Waals surface area (Å²) in [6.45, 7) is 3.86. The van der Waals surface area contributed by atoms with Crippen LogP contribution in [0.4, 0.5) is 0 Å². The number of rotatable bonds is 5. The lowest BCUT2D eigenvalue weighted by atomic mass is 10.2. The third kappa shape index (κ3) is 3.15. The number of nitrogens with one attached hydrogen (secondary N) is 1. The standard InChI is InChI=1S/C13H17ClN2O2S2/c1-9(2)16(3)20(17,18)15-8-12-13(14)10-6-4-5-7-11(10)19-12/h4-7,9,15H,8H2,1-3H3. The van der Waals surface area contributed by atoms with Crippen molar-refractivity contribution < 1.29 is 8.42 Å². The molecule has 0 atom stereocenters. The molecule has 0 aliphatic carbocycles. The summed E-state index contributed by atoms with van der Waals surface area (Å²) in [6.07, 6.45) is 0. The SMILES string of the molecule is CC(C)N(C)S(=O)(=O)NCc1sc2ccccc2c1Cl. The minimum Gasteiger partial charge on any atom is -0.197 e. The van der Waals surface area contributed by atoms with Crippen molar-refractivity contribution in [2.45, 2.75) is 26.4 Å². The van der Waals surface area contributed by atoms with Gasteiger partial charge in [-0.05, 0) is 19.9 Å². The zero-order chi connectivity index (χ0) is 14.9. The molecule has 0 amide bonds. The highest BCUT2D eigenvalue weighted by Crippen LogP contribution is 2.35. The van der Waals surface area contributed by atoms with Crippen LogP contribution in [0, 0.1) is 0 Å². The van der Waals surface area contributed by atoms with Gasteiger partial charge in [0.1, 0.15) is 0 Å². The monoisotopic (exact) mass is 332 g/mol. The number of halogens is 1. The highest BCUT2D eigenvalue weighted by atomic mass is 35.5. The van der Waals surface area contributed by atoms with E-state index in [0.717, 1.165) is 15.0 Å². The van der Waals surface area contributed by atoms with Gasteiger partial charge in [0, 0.05) is 34.6 Å². The Balaban J connectivity index is 2.20. The van der Waals surface area contributed by atoms with E-state index in [2.05, 4.69) is 4.72 Å². The molecule has 0 fully saturated rings. The molecular weight excluding hydrogens is 316 g/mol. The summed E-state index contributed by atoms with van der Waals surface area (Å²) in [5.74, 6) is 0. The summed E-state index contributed by atoms with van der Waals surface area (Å²) in [7, 11) is -1.93. The van der Waals surface area contributed by atoms with E-state index in [1.807, 2.05) is 38.1 Å². The second kappa shape index (κ2) is 5.99. The van der Waals surface area contributed by atoms with Gasteiger partial charge in [0.25, 0.3) is 10.2 Å². The van der Waals surface area contributed by atoms with Crippen LogP contribution in [-0.4, -0.2) is 25.8 Å². The van der Waals surface area contributed by atoms with Gasteiger partial charge in [0.15, 0.2) is 0 Å². The Morgan fingerprint density at radius 1 is 1.35 bits per heavy atom. The maximum absolute atomic E-state index is 12.0. The van der Waals surface area contributed by atoms with Gasteiger partial charge >= 0.3 is 0 Å². The molecule has 1 heterocycles. The predicted molar refractivity (Wildman–Crippen MR) is 85.5 cm³/mol. The third-order valence-corrected chi connectivity index (χ3v) is 6.53. The molecule has 0 saturated carbocycles. The minimum atomic E-state index is -3.48. The van der Waals surface area contributed by atoms with Crippen LogP contribution >= 0.6 is 22.9 Å². The number of fused-ring (bicyclic) bond motifs is 1. The lowest BCUT2D eigenvalue weighted by Crippen LogP contribution is -2.41. The second-order valence-corrected chi connectivity index (χ2v) is 8.10. The van der Waals surface area contributed by atoms with E-state index in [4.69, 9.17) is 11.6 Å².